The van der Waals surface area contributed by atoms with Crippen molar-refractivity contribution >= 4 is 35.3 Å². The van der Waals surface area contributed by atoms with Crippen molar-refractivity contribution < 1.29 is 0 Å². The first kappa shape index (κ1) is 8.89. The quantitative estimate of drug-likeness (QED) is 0.691. The molecule has 0 nitrogen and oxygen atoms in total. The summed E-state index contributed by atoms with van der Waals surface area (Å²) >= 11 is -0.864. The summed E-state index contributed by atoms with van der Waals surface area (Å²) in [7, 11) is 0. The van der Waals surface area contributed by atoms with Gasteiger partial charge in [0, 0.05) is 0 Å². The van der Waals surface area contributed by atoms with E-state index in [-0.39, 0.29) is 0 Å². The van der Waals surface area contributed by atoms with Crippen molar-refractivity contribution in [2.75, 3.05) is 0 Å². The Kier molecular flexibility index (Phi) is 2.70. The summed E-state index contributed by atoms with van der Waals surface area (Å²) in [6.07, 6.45) is 0. The third-order valence-electron chi connectivity index (χ3n) is 1.48. The van der Waals surface area contributed by atoms with Gasteiger partial charge in [-0.1, -0.05) is 0 Å². The standard InChI is InChI=1S/C5H5Se.3CH3.Sn/c1-5-3-2-4-6-5;;;;/h2-3H,1H3;3*1H3;. The van der Waals surface area contributed by atoms with Crippen molar-refractivity contribution in [3.05, 3.63) is 16.6 Å². The predicted octanol–water partition coefficient (Wildman–Crippen LogP) is 1.60. The molecule has 0 unspecified atom stereocenters. The van der Waals surface area contributed by atoms with Crippen LogP contribution in [0.5, 0.6) is 0 Å². The Morgan fingerprint density at radius 1 is 1.20 bits per heavy atom. The van der Waals surface area contributed by atoms with Gasteiger partial charge in [0.05, 0.1) is 0 Å². The van der Waals surface area contributed by atoms with Crippen LogP contribution in [0.4, 0.5) is 0 Å². The molecule has 0 aliphatic rings. The average molecular weight is 308 g/mol. The first-order valence-corrected chi connectivity index (χ1v) is 15.3. The molecule has 0 spiro atoms. The number of rotatable bonds is 1. The molecule has 2 heteroatoms. The number of hydrogen-bond acceptors (Lipinski definition) is 0. The van der Waals surface area contributed by atoms with Crippen LogP contribution in [0.1, 0.15) is 4.44 Å². The van der Waals surface area contributed by atoms with Crippen molar-refractivity contribution in [2.45, 2.75) is 21.7 Å². The van der Waals surface area contributed by atoms with E-state index in [0.717, 1.165) is 14.5 Å². The Morgan fingerprint density at radius 3 is 2.00 bits per heavy atom. The molecule has 0 saturated carbocycles. The molecule has 0 bridgehead atoms. The predicted molar refractivity (Wildman–Crippen MR) is 51.1 cm³/mol. The van der Waals surface area contributed by atoms with Gasteiger partial charge in [0.2, 0.25) is 0 Å². The SMILES string of the molecule is Cc1cc[c]([Sn]([CH3])([CH3])[CH3])[se]1. The van der Waals surface area contributed by atoms with Crippen LogP contribution in [-0.2, 0) is 0 Å². The van der Waals surface area contributed by atoms with Crippen molar-refractivity contribution in [3.63, 3.8) is 0 Å². The van der Waals surface area contributed by atoms with Crippen LogP contribution in [0.15, 0.2) is 12.1 Å². The van der Waals surface area contributed by atoms with E-state index in [2.05, 4.69) is 33.9 Å². The first-order chi connectivity index (χ1) is 4.50. The molecule has 10 heavy (non-hydrogen) atoms. The van der Waals surface area contributed by atoms with Crippen molar-refractivity contribution in [1.29, 1.82) is 0 Å². The summed E-state index contributed by atoms with van der Waals surface area (Å²) in [6, 6.07) is 4.68. The van der Waals surface area contributed by atoms with Crippen LogP contribution in [0.3, 0.4) is 0 Å². The van der Waals surface area contributed by atoms with Gasteiger partial charge in [-0.2, -0.15) is 0 Å². The molecule has 0 fully saturated rings. The number of hydrogen-bond donors (Lipinski definition) is 0. The molecule has 0 amide bonds. The Morgan fingerprint density at radius 2 is 1.80 bits per heavy atom. The van der Waals surface area contributed by atoms with Crippen molar-refractivity contribution in [1.82, 2.24) is 0 Å². The Bertz CT molecular complexity index is 219. The second-order valence-corrected chi connectivity index (χ2v) is 23.1. The van der Waals surface area contributed by atoms with E-state index in [4.69, 9.17) is 0 Å². The maximum atomic E-state index is 2.49. The Balaban J connectivity index is 2.96. The van der Waals surface area contributed by atoms with Gasteiger partial charge in [0.25, 0.3) is 0 Å². The van der Waals surface area contributed by atoms with Gasteiger partial charge in [-0.3, -0.25) is 0 Å². The van der Waals surface area contributed by atoms with Gasteiger partial charge < -0.3 is 0 Å². The summed E-state index contributed by atoms with van der Waals surface area (Å²) in [6.45, 7) is 2.25. The molecule has 56 valence electrons. The summed E-state index contributed by atoms with van der Waals surface area (Å²) in [5.41, 5.74) is 0. The molecule has 1 rings (SSSR count). The molecule has 1 aromatic heterocycles. The molecular formula is C8H14SeSn. The Hall–Kier alpha value is 0.798. The maximum absolute atomic E-state index is 2.49. The van der Waals surface area contributed by atoms with Crippen LogP contribution in [-0.4, -0.2) is 32.9 Å². The summed E-state index contributed by atoms with van der Waals surface area (Å²) in [4.78, 5) is 7.48. The van der Waals surface area contributed by atoms with Crippen LogP contribution in [0.25, 0.3) is 0 Å². The third kappa shape index (κ3) is 2.14. The van der Waals surface area contributed by atoms with Gasteiger partial charge in [0.1, 0.15) is 0 Å². The number of aryl methyl sites for hydroxylation is 1. The van der Waals surface area contributed by atoms with Gasteiger partial charge in [0.15, 0.2) is 0 Å². The van der Waals surface area contributed by atoms with E-state index in [1.165, 1.54) is 0 Å². The van der Waals surface area contributed by atoms with E-state index < -0.39 is 18.4 Å². The molecule has 0 aliphatic heterocycles. The van der Waals surface area contributed by atoms with E-state index in [0.29, 0.717) is 0 Å². The fraction of sp³-hybridized carbons (Fsp3) is 0.500. The first-order valence-electron chi connectivity index (χ1n) is 3.57. The van der Waals surface area contributed by atoms with E-state index in [1.54, 1.807) is 4.44 Å². The summed E-state index contributed by atoms with van der Waals surface area (Å²) in [5, 5.41) is 0. The zero-order valence-corrected chi connectivity index (χ0v) is 11.6. The molecule has 1 heterocycles. The molecule has 0 saturated heterocycles. The normalized spacial score (nSPS) is 12.0. The van der Waals surface area contributed by atoms with Crippen LogP contribution >= 0.6 is 0 Å². The Labute approximate surface area is 73.3 Å². The fourth-order valence-corrected chi connectivity index (χ4v) is 11.4. The fourth-order valence-electron chi connectivity index (χ4n) is 0.838. The van der Waals surface area contributed by atoms with Gasteiger partial charge in [-0.05, 0) is 0 Å². The minimum atomic E-state index is -1.61. The van der Waals surface area contributed by atoms with Crippen molar-refractivity contribution in [2.24, 2.45) is 0 Å². The second-order valence-electron chi connectivity index (χ2n) is 3.66. The van der Waals surface area contributed by atoms with E-state index in [1.807, 2.05) is 2.45 Å². The molecule has 0 atom stereocenters. The van der Waals surface area contributed by atoms with Gasteiger partial charge in [-0.25, -0.2) is 0 Å². The van der Waals surface area contributed by atoms with Gasteiger partial charge in [-0.15, -0.1) is 0 Å². The summed E-state index contributed by atoms with van der Waals surface area (Å²) < 4.78 is 3.44. The molecular weight excluding hydrogens is 294 g/mol. The van der Waals surface area contributed by atoms with E-state index >= 15 is 0 Å². The molecule has 0 N–H and O–H groups in total. The monoisotopic (exact) mass is 310 g/mol. The molecule has 1 aromatic rings. The third-order valence-corrected chi connectivity index (χ3v) is 18.0. The second kappa shape index (κ2) is 3.04. The summed E-state index contributed by atoms with van der Waals surface area (Å²) in [5.74, 6) is 0. The zero-order valence-electron chi connectivity index (χ0n) is 7.06. The molecule has 0 aliphatic carbocycles. The van der Waals surface area contributed by atoms with Crippen molar-refractivity contribution in [3.8, 4) is 0 Å². The topological polar surface area (TPSA) is 0 Å². The van der Waals surface area contributed by atoms with Gasteiger partial charge >= 0.3 is 73.6 Å². The zero-order chi connectivity index (χ0) is 7.78. The average Bonchev–Trinajstić information content (AvgIpc) is 2.11. The van der Waals surface area contributed by atoms with Crippen LogP contribution in [0.2, 0.25) is 14.8 Å². The van der Waals surface area contributed by atoms with Crippen LogP contribution < -0.4 is 2.45 Å². The van der Waals surface area contributed by atoms with Crippen LogP contribution in [0, 0.1) is 6.92 Å². The molecule has 0 aromatic carbocycles. The molecule has 0 radical (unpaired) electrons. The minimum absolute atomic E-state index is 0.744. The van der Waals surface area contributed by atoms with E-state index in [9.17, 15) is 0 Å².